The monoisotopic (exact) mass is 273 g/mol. The number of amides is 1. The second-order valence-corrected chi connectivity index (χ2v) is 4.06. The van der Waals surface area contributed by atoms with E-state index in [-0.39, 0.29) is 11.5 Å². The number of pyridine rings is 1. The lowest BCUT2D eigenvalue weighted by molar-refractivity contribution is 0.102. The number of aromatic nitrogens is 1. The summed E-state index contributed by atoms with van der Waals surface area (Å²) in [6, 6.07) is 9.70. The summed E-state index contributed by atoms with van der Waals surface area (Å²) in [6.07, 6.45) is 1.43. The largest absolute Gasteiger partial charge is 0.492 e. The van der Waals surface area contributed by atoms with Crippen LogP contribution in [0, 0.1) is 0 Å². The van der Waals surface area contributed by atoms with Gasteiger partial charge in [-0.05, 0) is 30.3 Å². The average molecular weight is 273 g/mol. The summed E-state index contributed by atoms with van der Waals surface area (Å²) >= 11 is 0. The summed E-state index contributed by atoms with van der Waals surface area (Å²) in [6.45, 7) is 0.888. The molecule has 0 saturated carbocycles. The number of aromatic amines is 1. The van der Waals surface area contributed by atoms with Gasteiger partial charge in [0.1, 0.15) is 12.4 Å². The molecule has 0 atom stereocenters. The molecule has 0 bridgehead atoms. The molecule has 104 valence electrons. The first-order valence-electron chi connectivity index (χ1n) is 6.12. The first-order chi connectivity index (χ1) is 9.69. The molecule has 2 aromatic rings. The minimum atomic E-state index is -0.341. The molecule has 6 nitrogen and oxygen atoms in total. The van der Waals surface area contributed by atoms with E-state index in [4.69, 9.17) is 10.5 Å². The van der Waals surface area contributed by atoms with Crippen molar-refractivity contribution < 1.29 is 9.53 Å². The Kier molecular flexibility index (Phi) is 4.52. The van der Waals surface area contributed by atoms with E-state index >= 15 is 0 Å². The maximum atomic E-state index is 11.9. The van der Waals surface area contributed by atoms with Crippen molar-refractivity contribution in [3.63, 3.8) is 0 Å². The Labute approximate surface area is 115 Å². The fourth-order valence-corrected chi connectivity index (χ4v) is 1.60. The number of benzene rings is 1. The van der Waals surface area contributed by atoms with Crippen molar-refractivity contribution in [3.05, 3.63) is 58.5 Å². The van der Waals surface area contributed by atoms with Crippen LogP contribution in [-0.2, 0) is 0 Å². The van der Waals surface area contributed by atoms with E-state index in [0.717, 1.165) is 0 Å². The van der Waals surface area contributed by atoms with Crippen molar-refractivity contribution in [2.24, 2.45) is 5.73 Å². The van der Waals surface area contributed by atoms with Gasteiger partial charge in [0, 0.05) is 30.1 Å². The molecule has 1 aromatic heterocycles. The van der Waals surface area contributed by atoms with Crippen LogP contribution in [0.5, 0.6) is 5.75 Å². The van der Waals surface area contributed by atoms with Gasteiger partial charge in [0.2, 0.25) is 5.56 Å². The molecule has 1 aromatic carbocycles. The van der Waals surface area contributed by atoms with Crippen LogP contribution in [0.4, 0.5) is 5.69 Å². The molecule has 2 rings (SSSR count). The Morgan fingerprint density at radius 1 is 1.25 bits per heavy atom. The lowest BCUT2D eigenvalue weighted by atomic mass is 10.2. The zero-order valence-corrected chi connectivity index (χ0v) is 10.8. The van der Waals surface area contributed by atoms with Crippen molar-refractivity contribution in [1.29, 1.82) is 0 Å². The Bertz CT molecular complexity index is 635. The van der Waals surface area contributed by atoms with Gasteiger partial charge in [0.15, 0.2) is 0 Å². The van der Waals surface area contributed by atoms with E-state index < -0.39 is 0 Å². The molecule has 1 heterocycles. The van der Waals surface area contributed by atoms with Gasteiger partial charge in [0.05, 0.1) is 0 Å². The second-order valence-electron chi connectivity index (χ2n) is 4.06. The van der Waals surface area contributed by atoms with Gasteiger partial charge in [-0.2, -0.15) is 0 Å². The highest BCUT2D eigenvalue weighted by atomic mass is 16.5. The number of carbonyl (C=O) groups excluding carboxylic acids is 1. The van der Waals surface area contributed by atoms with E-state index in [9.17, 15) is 9.59 Å². The number of anilines is 1. The molecule has 6 heteroatoms. The molecule has 0 aliphatic carbocycles. The number of rotatable bonds is 5. The van der Waals surface area contributed by atoms with E-state index in [1.54, 1.807) is 24.3 Å². The predicted molar refractivity (Wildman–Crippen MR) is 76.0 cm³/mol. The zero-order chi connectivity index (χ0) is 14.4. The van der Waals surface area contributed by atoms with Gasteiger partial charge in [-0.3, -0.25) is 9.59 Å². The lowest BCUT2D eigenvalue weighted by Crippen LogP contribution is -2.15. The van der Waals surface area contributed by atoms with Crippen molar-refractivity contribution >= 4 is 11.6 Å². The first kappa shape index (κ1) is 13.8. The highest BCUT2D eigenvalue weighted by molar-refractivity contribution is 6.04. The molecule has 20 heavy (non-hydrogen) atoms. The maximum absolute atomic E-state index is 11.9. The van der Waals surface area contributed by atoms with Gasteiger partial charge in [-0.15, -0.1) is 0 Å². The Balaban J connectivity index is 2.02. The molecule has 1 amide bonds. The molecule has 0 radical (unpaired) electrons. The standard InChI is InChI=1S/C14H15N3O3/c15-6-8-20-12-3-1-11(2-4-12)17-14(19)10-5-7-16-13(18)9-10/h1-5,7,9H,6,8,15H2,(H,16,18)(H,17,19). The van der Waals surface area contributed by atoms with E-state index in [1.807, 2.05) is 0 Å². The van der Waals surface area contributed by atoms with Crippen LogP contribution in [0.2, 0.25) is 0 Å². The van der Waals surface area contributed by atoms with Crippen molar-refractivity contribution in [2.75, 3.05) is 18.5 Å². The van der Waals surface area contributed by atoms with E-state index in [2.05, 4.69) is 10.3 Å². The SMILES string of the molecule is NCCOc1ccc(NC(=O)c2cc[nH]c(=O)c2)cc1. The maximum Gasteiger partial charge on any atom is 0.255 e. The number of hydrogen-bond acceptors (Lipinski definition) is 4. The van der Waals surface area contributed by atoms with Crippen molar-refractivity contribution in [2.45, 2.75) is 0 Å². The summed E-state index contributed by atoms with van der Waals surface area (Å²) in [5.74, 6) is 0.344. The minimum absolute atomic E-state index is 0.303. The number of H-pyrrole nitrogens is 1. The summed E-state index contributed by atoms with van der Waals surface area (Å²) in [5.41, 5.74) is 5.95. The lowest BCUT2D eigenvalue weighted by Gasteiger charge is -2.07. The molecule has 0 unspecified atom stereocenters. The van der Waals surface area contributed by atoms with Gasteiger partial charge in [0.25, 0.3) is 5.91 Å². The predicted octanol–water partition coefficient (Wildman–Crippen LogP) is 0.965. The number of carbonyl (C=O) groups is 1. The van der Waals surface area contributed by atoms with Crippen LogP contribution < -0.4 is 21.3 Å². The van der Waals surface area contributed by atoms with Crippen LogP contribution in [0.15, 0.2) is 47.4 Å². The van der Waals surface area contributed by atoms with Crippen LogP contribution in [0.1, 0.15) is 10.4 Å². The molecule has 0 saturated heterocycles. The Morgan fingerprint density at radius 2 is 2.00 bits per heavy atom. The third-order valence-corrected chi connectivity index (χ3v) is 2.54. The minimum Gasteiger partial charge on any atom is -0.492 e. The summed E-state index contributed by atoms with van der Waals surface area (Å²) in [5, 5.41) is 2.70. The van der Waals surface area contributed by atoms with Gasteiger partial charge < -0.3 is 20.8 Å². The van der Waals surface area contributed by atoms with E-state index in [1.165, 1.54) is 18.3 Å². The summed E-state index contributed by atoms with van der Waals surface area (Å²) < 4.78 is 5.33. The normalized spacial score (nSPS) is 10.1. The molecule has 0 aliphatic heterocycles. The summed E-state index contributed by atoms with van der Waals surface area (Å²) in [7, 11) is 0. The fraction of sp³-hybridized carbons (Fsp3) is 0.143. The van der Waals surface area contributed by atoms with Crippen molar-refractivity contribution in [1.82, 2.24) is 4.98 Å². The number of nitrogens with two attached hydrogens (primary N) is 1. The Hall–Kier alpha value is -2.60. The van der Waals surface area contributed by atoms with Crippen molar-refractivity contribution in [3.8, 4) is 5.75 Å². The quantitative estimate of drug-likeness (QED) is 0.756. The second kappa shape index (κ2) is 6.53. The number of ether oxygens (including phenoxy) is 1. The molecular weight excluding hydrogens is 258 g/mol. The Morgan fingerprint density at radius 3 is 2.65 bits per heavy atom. The smallest absolute Gasteiger partial charge is 0.255 e. The molecular formula is C14H15N3O3. The van der Waals surface area contributed by atoms with Gasteiger partial charge in [-0.25, -0.2) is 0 Å². The molecule has 0 fully saturated rings. The molecule has 0 spiro atoms. The zero-order valence-electron chi connectivity index (χ0n) is 10.8. The molecule has 4 N–H and O–H groups in total. The van der Waals surface area contributed by atoms with E-state index in [0.29, 0.717) is 30.2 Å². The van der Waals surface area contributed by atoms with Gasteiger partial charge in [-0.1, -0.05) is 0 Å². The average Bonchev–Trinajstić information content (AvgIpc) is 2.46. The van der Waals surface area contributed by atoms with Crippen LogP contribution in [0.3, 0.4) is 0 Å². The first-order valence-corrected chi connectivity index (χ1v) is 6.12. The summed E-state index contributed by atoms with van der Waals surface area (Å²) in [4.78, 5) is 25.5. The van der Waals surface area contributed by atoms with Gasteiger partial charge >= 0.3 is 0 Å². The van der Waals surface area contributed by atoms with Crippen LogP contribution in [-0.4, -0.2) is 24.0 Å². The third kappa shape index (κ3) is 3.69. The highest BCUT2D eigenvalue weighted by Crippen LogP contribution is 2.16. The number of hydrogen-bond donors (Lipinski definition) is 3. The fourth-order valence-electron chi connectivity index (χ4n) is 1.60. The highest BCUT2D eigenvalue weighted by Gasteiger charge is 2.06. The number of nitrogens with one attached hydrogen (secondary N) is 2. The third-order valence-electron chi connectivity index (χ3n) is 2.54. The van der Waals surface area contributed by atoms with Crippen LogP contribution >= 0.6 is 0 Å². The topological polar surface area (TPSA) is 97.2 Å². The van der Waals surface area contributed by atoms with Crippen LogP contribution in [0.25, 0.3) is 0 Å². The molecule has 0 aliphatic rings.